The van der Waals surface area contributed by atoms with Crippen LogP contribution < -0.4 is 10.1 Å². The molecule has 0 aliphatic rings. The van der Waals surface area contributed by atoms with Gasteiger partial charge in [-0.3, -0.25) is 4.79 Å². The van der Waals surface area contributed by atoms with Crippen molar-refractivity contribution in [2.45, 2.75) is 38.1 Å². The van der Waals surface area contributed by atoms with E-state index in [1.807, 2.05) is 54.1 Å². The molecule has 1 amide bonds. The molecule has 7 nitrogen and oxygen atoms in total. The summed E-state index contributed by atoms with van der Waals surface area (Å²) < 4.78 is 21.7. The average molecular weight is 498 g/mol. The molecule has 176 valence electrons. The second kappa shape index (κ2) is 10.8. The van der Waals surface area contributed by atoms with Gasteiger partial charge in [-0.15, -0.1) is 21.5 Å². The number of amides is 1. The second-order valence-corrected chi connectivity index (χ2v) is 9.54. The lowest BCUT2D eigenvalue weighted by molar-refractivity contribution is -0.113. The van der Waals surface area contributed by atoms with Crippen LogP contribution in [-0.2, 0) is 4.79 Å². The highest BCUT2D eigenvalue weighted by Gasteiger charge is 2.23. The number of hydrogen-bond donors (Lipinski definition) is 1. The van der Waals surface area contributed by atoms with Crippen LogP contribution in [0.3, 0.4) is 0 Å². The summed E-state index contributed by atoms with van der Waals surface area (Å²) in [7, 11) is 0. The number of thiazole rings is 1. The Balaban J connectivity index is 1.40. The van der Waals surface area contributed by atoms with E-state index in [4.69, 9.17) is 4.74 Å². The number of rotatable bonds is 9. The van der Waals surface area contributed by atoms with E-state index in [0.717, 1.165) is 11.3 Å². The number of carbonyl (C=O) groups is 1. The third-order valence-electron chi connectivity index (χ3n) is 4.86. The normalized spacial score (nSPS) is 12.0. The number of aromatic nitrogens is 4. The van der Waals surface area contributed by atoms with E-state index in [2.05, 4.69) is 20.5 Å². The first kappa shape index (κ1) is 23.9. The standard InChI is InChI=1S/C24H24FN5O2S2/c1-15(2)30-22(16(3)32-20-12-8-7-11-18(20)25)28-29-24(30)34-14-21(31)27-23-26-19(13-33-23)17-9-5-4-6-10-17/h4-13,15-16H,14H2,1-3H3,(H,26,27,31). The van der Waals surface area contributed by atoms with Crippen LogP contribution in [0.4, 0.5) is 9.52 Å². The monoisotopic (exact) mass is 497 g/mol. The van der Waals surface area contributed by atoms with Gasteiger partial charge in [0, 0.05) is 17.0 Å². The summed E-state index contributed by atoms with van der Waals surface area (Å²) in [5.74, 6) is 0.241. The molecule has 0 fully saturated rings. The number of carbonyl (C=O) groups excluding carboxylic acids is 1. The first-order chi connectivity index (χ1) is 16.4. The Morgan fingerprint density at radius 1 is 1.12 bits per heavy atom. The Morgan fingerprint density at radius 3 is 2.59 bits per heavy atom. The number of thioether (sulfide) groups is 1. The number of para-hydroxylation sites is 1. The third-order valence-corrected chi connectivity index (χ3v) is 6.56. The van der Waals surface area contributed by atoms with E-state index in [9.17, 15) is 9.18 Å². The van der Waals surface area contributed by atoms with Crippen molar-refractivity contribution in [2.24, 2.45) is 0 Å². The van der Waals surface area contributed by atoms with Crippen LogP contribution in [0.5, 0.6) is 5.75 Å². The molecule has 0 aliphatic heterocycles. The lowest BCUT2D eigenvalue weighted by Crippen LogP contribution is -2.16. The largest absolute Gasteiger partial charge is 0.480 e. The molecule has 1 N–H and O–H groups in total. The molecule has 0 saturated heterocycles. The van der Waals surface area contributed by atoms with E-state index in [-0.39, 0.29) is 23.5 Å². The maximum atomic E-state index is 14.0. The number of anilines is 1. The second-order valence-electron chi connectivity index (χ2n) is 7.74. The zero-order valence-electron chi connectivity index (χ0n) is 18.9. The Bertz CT molecular complexity index is 1260. The number of hydrogen-bond acceptors (Lipinski definition) is 7. The number of benzene rings is 2. The highest BCUT2D eigenvalue weighted by molar-refractivity contribution is 7.99. The van der Waals surface area contributed by atoms with Gasteiger partial charge >= 0.3 is 0 Å². The molecule has 0 bridgehead atoms. The topological polar surface area (TPSA) is 81.9 Å². The lowest BCUT2D eigenvalue weighted by atomic mass is 10.2. The van der Waals surface area contributed by atoms with Gasteiger partial charge in [-0.25, -0.2) is 9.37 Å². The van der Waals surface area contributed by atoms with Gasteiger partial charge in [0.05, 0.1) is 11.4 Å². The molecule has 2 aromatic carbocycles. The zero-order chi connectivity index (χ0) is 24.1. The first-order valence-corrected chi connectivity index (χ1v) is 12.6. The van der Waals surface area contributed by atoms with Gasteiger partial charge in [-0.05, 0) is 32.9 Å². The fourth-order valence-corrected chi connectivity index (χ4v) is 4.90. The van der Waals surface area contributed by atoms with Crippen LogP contribution in [0.1, 0.15) is 38.7 Å². The molecule has 1 atom stereocenters. The van der Waals surface area contributed by atoms with Crippen LogP contribution in [0.15, 0.2) is 65.1 Å². The Morgan fingerprint density at radius 2 is 1.85 bits per heavy atom. The quantitative estimate of drug-likeness (QED) is 0.286. The van der Waals surface area contributed by atoms with Gasteiger partial charge in [0.2, 0.25) is 5.91 Å². The SMILES string of the molecule is CC(Oc1ccccc1F)c1nnc(SCC(=O)Nc2nc(-c3ccccc3)cs2)n1C(C)C. The summed E-state index contributed by atoms with van der Waals surface area (Å²) in [4.78, 5) is 17.0. The van der Waals surface area contributed by atoms with E-state index in [0.29, 0.717) is 16.1 Å². The number of halogens is 1. The number of nitrogens with one attached hydrogen (secondary N) is 1. The molecule has 34 heavy (non-hydrogen) atoms. The predicted octanol–water partition coefficient (Wildman–Crippen LogP) is 5.99. The highest BCUT2D eigenvalue weighted by Crippen LogP contribution is 2.29. The smallest absolute Gasteiger partial charge is 0.236 e. The summed E-state index contributed by atoms with van der Waals surface area (Å²) in [5.41, 5.74) is 1.82. The summed E-state index contributed by atoms with van der Waals surface area (Å²) in [5, 5.41) is 14.4. The Hall–Kier alpha value is -3.24. The fourth-order valence-electron chi connectivity index (χ4n) is 3.29. The Kier molecular flexibility index (Phi) is 7.59. The third kappa shape index (κ3) is 5.63. The van der Waals surface area contributed by atoms with Crippen molar-refractivity contribution in [1.29, 1.82) is 0 Å². The molecule has 0 radical (unpaired) electrons. The van der Waals surface area contributed by atoms with Gasteiger partial charge in [0.15, 0.2) is 33.8 Å². The molecule has 4 aromatic rings. The van der Waals surface area contributed by atoms with Crippen molar-refractivity contribution in [1.82, 2.24) is 19.7 Å². The molecule has 10 heteroatoms. The minimum absolute atomic E-state index is 0.0228. The van der Waals surface area contributed by atoms with Crippen molar-refractivity contribution >= 4 is 34.1 Å². The van der Waals surface area contributed by atoms with Crippen molar-refractivity contribution in [2.75, 3.05) is 11.1 Å². The van der Waals surface area contributed by atoms with Gasteiger partial charge in [-0.1, -0.05) is 54.2 Å². The minimum Gasteiger partial charge on any atom is -0.480 e. The molecule has 1 unspecified atom stereocenters. The average Bonchev–Trinajstić information content (AvgIpc) is 3.47. The molecule has 4 rings (SSSR count). The summed E-state index contributed by atoms with van der Waals surface area (Å²) in [6.45, 7) is 5.78. The zero-order valence-corrected chi connectivity index (χ0v) is 20.6. The van der Waals surface area contributed by atoms with E-state index in [1.165, 1.54) is 29.2 Å². The van der Waals surface area contributed by atoms with Crippen molar-refractivity contribution in [3.8, 4) is 17.0 Å². The van der Waals surface area contributed by atoms with Crippen LogP contribution in [0, 0.1) is 5.82 Å². The maximum absolute atomic E-state index is 14.0. The molecular weight excluding hydrogens is 473 g/mol. The molecular formula is C24H24FN5O2S2. The summed E-state index contributed by atoms with van der Waals surface area (Å²) in [6, 6.07) is 16.1. The maximum Gasteiger partial charge on any atom is 0.236 e. The summed E-state index contributed by atoms with van der Waals surface area (Å²) in [6.07, 6.45) is -0.526. The molecule has 0 spiro atoms. The van der Waals surface area contributed by atoms with Gasteiger partial charge in [0.1, 0.15) is 0 Å². The van der Waals surface area contributed by atoms with Crippen molar-refractivity contribution in [3.05, 3.63) is 71.6 Å². The van der Waals surface area contributed by atoms with E-state index in [1.54, 1.807) is 25.1 Å². The number of nitrogens with zero attached hydrogens (tertiary/aromatic N) is 4. The number of ether oxygens (including phenoxy) is 1. The van der Waals surface area contributed by atoms with Gasteiger partial charge < -0.3 is 14.6 Å². The van der Waals surface area contributed by atoms with Gasteiger partial charge in [0.25, 0.3) is 0 Å². The van der Waals surface area contributed by atoms with Crippen LogP contribution in [0.2, 0.25) is 0 Å². The van der Waals surface area contributed by atoms with Crippen LogP contribution in [0.25, 0.3) is 11.3 Å². The Labute approximate surface area is 205 Å². The first-order valence-electron chi connectivity index (χ1n) is 10.7. The molecule has 2 aromatic heterocycles. The molecule has 0 saturated carbocycles. The van der Waals surface area contributed by atoms with Crippen LogP contribution >= 0.6 is 23.1 Å². The lowest BCUT2D eigenvalue weighted by Gasteiger charge is -2.19. The van der Waals surface area contributed by atoms with E-state index < -0.39 is 11.9 Å². The van der Waals surface area contributed by atoms with Gasteiger partial charge in [-0.2, -0.15) is 0 Å². The van der Waals surface area contributed by atoms with Crippen molar-refractivity contribution in [3.63, 3.8) is 0 Å². The highest BCUT2D eigenvalue weighted by atomic mass is 32.2. The van der Waals surface area contributed by atoms with Crippen molar-refractivity contribution < 1.29 is 13.9 Å². The summed E-state index contributed by atoms with van der Waals surface area (Å²) >= 11 is 2.66. The van der Waals surface area contributed by atoms with E-state index >= 15 is 0 Å². The predicted molar refractivity (Wildman–Crippen MR) is 133 cm³/mol. The molecule has 2 heterocycles. The molecule has 0 aliphatic carbocycles. The van der Waals surface area contributed by atoms with Crippen LogP contribution in [-0.4, -0.2) is 31.4 Å². The fraction of sp³-hybridized carbons (Fsp3) is 0.250. The minimum atomic E-state index is -0.526.